The Morgan fingerprint density at radius 3 is 1.52 bits per heavy atom. The van der Waals surface area contributed by atoms with E-state index in [9.17, 15) is 14.7 Å². The van der Waals surface area contributed by atoms with Gasteiger partial charge in [-0.3, -0.25) is 0 Å². The average molecular weight is 406 g/mol. The second kappa shape index (κ2) is 11.5. The molecule has 0 aliphatic rings. The average Bonchev–Trinajstić information content (AvgIpc) is 2.57. The molecule has 0 aromatic heterocycles. The van der Waals surface area contributed by atoms with E-state index in [1.54, 1.807) is 0 Å². The lowest BCUT2D eigenvalue weighted by Crippen LogP contribution is -2.02. The van der Waals surface area contributed by atoms with Gasteiger partial charge in [-0.15, -0.1) is 0 Å². The minimum Gasteiger partial charge on any atom is -0.508 e. The first-order chi connectivity index (χ1) is 13.3. The normalized spacial score (nSPS) is 9.14. The standard InChI is InChI=1S/C10H10O4.C6H6O3.C4H6O2/c1-6(10(13)14)4-7-5-8(11)2-3-9(7)12;7-4-1-5(8)3-6(9)2-4;1-3(2)4(5)6/h2-3,5,11-12H,1,4H2,(H,13,14);1-3,7-9H;1H2,2H3,(H,5,6). The highest BCUT2D eigenvalue weighted by molar-refractivity contribution is 5.86. The molecule has 0 spiro atoms. The summed E-state index contributed by atoms with van der Waals surface area (Å²) in [6.07, 6.45) is 0.00949. The summed E-state index contributed by atoms with van der Waals surface area (Å²) in [7, 11) is 0. The summed E-state index contributed by atoms with van der Waals surface area (Å²) in [5, 5.41) is 60.9. The van der Waals surface area contributed by atoms with E-state index >= 15 is 0 Å². The number of benzene rings is 2. The minimum atomic E-state index is -1.12. The van der Waals surface area contributed by atoms with Gasteiger partial charge in [-0.05, 0) is 25.1 Å². The number of carbonyl (C=O) groups is 2. The molecule has 156 valence electrons. The summed E-state index contributed by atoms with van der Waals surface area (Å²) in [6, 6.07) is 7.35. The van der Waals surface area contributed by atoms with Crippen LogP contribution in [-0.2, 0) is 16.0 Å². The van der Waals surface area contributed by atoms with Crippen LogP contribution in [0.4, 0.5) is 0 Å². The molecule has 2 aromatic carbocycles. The first kappa shape index (κ1) is 24.9. The van der Waals surface area contributed by atoms with Crippen LogP contribution in [0.15, 0.2) is 60.7 Å². The molecule has 0 radical (unpaired) electrons. The van der Waals surface area contributed by atoms with Crippen molar-refractivity contribution in [2.45, 2.75) is 13.3 Å². The minimum absolute atomic E-state index is 0.00949. The number of phenols is 5. The smallest absolute Gasteiger partial charge is 0.331 e. The van der Waals surface area contributed by atoms with E-state index in [2.05, 4.69) is 13.2 Å². The lowest BCUT2D eigenvalue weighted by atomic mass is 10.1. The van der Waals surface area contributed by atoms with Gasteiger partial charge >= 0.3 is 11.9 Å². The maximum Gasteiger partial charge on any atom is 0.331 e. The molecule has 0 atom stereocenters. The fourth-order valence-corrected chi connectivity index (χ4v) is 1.60. The summed E-state index contributed by atoms with van der Waals surface area (Å²) < 4.78 is 0. The number of rotatable bonds is 4. The zero-order valence-electron chi connectivity index (χ0n) is 15.5. The van der Waals surface area contributed by atoms with Crippen molar-refractivity contribution in [1.29, 1.82) is 0 Å². The number of phenolic OH excluding ortho intramolecular Hbond substituents is 5. The van der Waals surface area contributed by atoms with Crippen LogP contribution >= 0.6 is 0 Å². The Balaban J connectivity index is 0.000000448. The lowest BCUT2D eigenvalue weighted by molar-refractivity contribution is -0.133. The molecule has 0 bridgehead atoms. The van der Waals surface area contributed by atoms with Gasteiger partial charge in [0, 0.05) is 41.3 Å². The van der Waals surface area contributed by atoms with Crippen molar-refractivity contribution in [3.63, 3.8) is 0 Å². The Hall–Kier alpha value is -4.14. The van der Waals surface area contributed by atoms with E-state index in [0.717, 1.165) is 18.2 Å². The monoisotopic (exact) mass is 406 g/mol. The number of aromatic hydroxyl groups is 5. The van der Waals surface area contributed by atoms with Gasteiger partial charge < -0.3 is 35.7 Å². The zero-order valence-corrected chi connectivity index (χ0v) is 15.5. The Morgan fingerprint density at radius 1 is 0.759 bits per heavy atom. The third kappa shape index (κ3) is 10.6. The van der Waals surface area contributed by atoms with Gasteiger partial charge in [-0.2, -0.15) is 0 Å². The lowest BCUT2D eigenvalue weighted by Gasteiger charge is -2.04. The van der Waals surface area contributed by atoms with E-state index in [4.69, 9.17) is 30.6 Å². The van der Waals surface area contributed by atoms with Crippen molar-refractivity contribution in [2.75, 3.05) is 0 Å². The first-order valence-electron chi connectivity index (χ1n) is 7.86. The van der Waals surface area contributed by atoms with Gasteiger partial charge in [0.05, 0.1) is 0 Å². The number of hydrogen-bond donors (Lipinski definition) is 7. The van der Waals surface area contributed by atoms with E-state index < -0.39 is 11.9 Å². The fourth-order valence-electron chi connectivity index (χ4n) is 1.60. The van der Waals surface area contributed by atoms with Crippen LogP contribution in [0, 0.1) is 0 Å². The molecule has 0 unspecified atom stereocenters. The van der Waals surface area contributed by atoms with Gasteiger partial charge in [-0.1, -0.05) is 13.2 Å². The third-order valence-corrected chi connectivity index (χ3v) is 3.02. The van der Waals surface area contributed by atoms with Crippen molar-refractivity contribution >= 4 is 11.9 Å². The third-order valence-electron chi connectivity index (χ3n) is 3.02. The maximum atomic E-state index is 10.5. The molecule has 0 fully saturated rings. The first-order valence-corrected chi connectivity index (χ1v) is 7.86. The van der Waals surface area contributed by atoms with Crippen molar-refractivity contribution in [2.24, 2.45) is 0 Å². The van der Waals surface area contributed by atoms with Crippen LogP contribution < -0.4 is 0 Å². The number of aliphatic carboxylic acids is 2. The van der Waals surface area contributed by atoms with Crippen molar-refractivity contribution in [3.05, 3.63) is 66.3 Å². The molecule has 2 rings (SSSR count). The molecular formula is C20H22O9. The summed E-state index contributed by atoms with van der Waals surface area (Å²) in [6.45, 7) is 7.93. The number of carboxylic acids is 2. The Bertz CT molecular complexity index is 838. The second-order valence-electron chi connectivity index (χ2n) is 5.69. The van der Waals surface area contributed by atoms with Crippen molar-refractivity contribution in [3.8, 4) is 28.7 Å². The van der Waals surface area contributed by atoms with E-state index in [1.165, 1.54) is 25.1 Å². The molecule has 0 aliphatic heterocycles. The van der Waals surface area contributed by atoms with Gasteiger partial charge in [0.15, 0.2) is 0 Å². The number of hydrogen-bond acceptors (Lipinski definition) is 7. The summed E-state index contributed by atoms with van der Waals surface area (Å²) in [4.78, 5) is 20.1. The highest BCUT2D eigenvalue weighted by Gasteiger charge is 2.09. The van der Waals surface area contributed by atoms with E-state index in [1.807, 2.05) is 0 Å². The molecule has 7 N–H and O–H groups in total. The molecule has 0 heterocycles. The van der Waals surface area contributed by atoms with Crippen molar-refractivity contribution in [1.82, 2.24) is 0 Å². The molecule has 0 saturated heterocycles. The Labute approximate surface area is 166 Å². The molecule has 0 aliphatic carbocycles. The van der Waals surface area contributed by atoms with Crippen LogP contribution in [0.5, 0.6) is 28.7 Å². The summed E-state index contributed by atoms with van der Waals surface area (Å²) in [5.41, 5.74) is 0.485. The largest absolute Gasteiger partial charge is 0.508 e. The predicted octanol–water partition coefficient (Wildman–Crippen LogP) is 2.73. The quantitative estimate of drug-likeness (QED) is 0.297. The SMILES string of the molecule is C=C(C)C(=O)O.C=C(Cc1cc(O)ccc1O)C(=O)O.Oc1cc(O)cc(O)c1. The topological polar surface area (TPSA) is 176 Å². The van der Waals surface area contributed by atoms with E-state index in [0.29, 0.717) is 5.56 Å². The number of carboxylic acid groups (broad SMARTS) is 2. The van der Waals surface area contributed by atoms with Gasteiger partial charge in [0.2, 0.25) is 0 Å². The molecule has 2 aromatic rings. The molecule has 29 heavy (non-hydrogen) atoms. The highest BCUT2D eigenvalue weighted by atomic mass is 16.4. The van der Waals surface area contributed by atoms with Crippen LogP contribution in [0.3, 0.4) is 0 Å². The van der Waals surface area contributed by atoms with Crippen LogP contribution in [-0.4, -0.2) is 47.7 Å². The fraction of sp³-hybridized carbons (Fsp3) is 0.100. The van der Waals surface area contributed by atoms with Gasteiger partial charge in [0.25, 0.3) is 0 Å². The molecule has 9 heteroatoms. The van der Waals surface area contributed by atoms with Crippen LogP contribution in [0.2, 0.25) is 0 Å². The highest BCUT2D eigenvalue weighted by Crippen LogP contribution is 2.24. The zero-order chi connectivity index (χ0) is 22.7. The second-order valence-corrected chi connectivity index (χ2v) is 5.69. The summed E-state index contributed by atoms with van der Waals surface area (Å²) in [5.74, 6) is -2.56. The summed E-state index contributed by atoms with van der Waals surface area (Å²) >= 11 is 0. The van der Waals surface area contributed by atoms with Gasteiger partial charge in [-0.25, -0.2) is 9.59 Å². The molecule has 9 nitrogen and oxygen atoms in total. The maximum absolute atomic E-state index is 10.5. The van der Waals surface area contributed by atoms with Gasteiger partial charge in [0.1, 0.15) is 28.7 Å². The van der Waals surface area contributed by atoms with Crippen LogP contribution in [0.25, 0.3) is 0 Å². The Morgan fingerprint density at radius 2 is 1.17 bits per heavy atom. The Kier molecular flexibility index (Phi) is 9.90. The molecular weight excluding hydrogens is 384 g/mol. The van der Waals surface area contributed by atoms with Crippen LogP contribution in [0.1, 0.15) is 12.5 Å². The van der Waals surface area contributed by atoms with E-state index in [-0.39, 0.29) is 46.3 Å². The predicted molar refractivity (Wildman–Crippen MR) is 104 cm³/mol. The molecule has 0 amide bonds. The molecule has 0 saturated carbocycles. The van der Waals surface area contributed by atoms with Crippen molar-refractivity contribution < 1.29 is 45.3 Å².